The average molecular weight is 392 g/mol. The summed E-state index contributed by atoms with van der Waals surface area (Å²) < 4.78 is 26.5. The standard InChI is InChI=1S/C19H16ClF2N3O2/c20-17-15(22)7-6-14-12(9-24-18(14)17)3-8-16(26)25(19(23)27)10-11-1-4-13(21)5-2-11/h1-2,4-7,9,24H,3,8,10H2,(H2,23,27). The maximum Gasteiger partial charge on any atom is 0.321 e. The zero-order valence-electron chi connectivity index (χ0n) is 14.1. The second kappa shape index (κ2) is 7.75. The van der Waals surface area contributed by atoms with Gasteiger partial charge < -0.3 is 10.7 Å². The number of imide groups is 1. The van der Waals surface area contributed by atoms with Gasteiger partial charge in [-0.1, -0.05) is 23.7 Å². The first-order valence-electron chi connectivity index (χ1n) is 8.15. The lowest BCUT2D eigenvalue weighted by atomic mass is 10.1. The first kappa shape index (κ1) is 18.8. The van der Waals surface area contributed by atoms with Crippen LogP contribution in [0.4, 0.5) is 13.6 Å². The molecule has 0 bridgehead atoms. The van der Waals surface area contributed by atoms with E-state index in [9.17, 15) is 18.4 Å². The number of nitrogens with zero attached hydrogens (tertiary/aromatic N) is 1. The molecule has 0 atom stereocenters. The summed E-state index contributed by atoms with van der Waals surface area (Å²) in [5, 5.41) is 0.693. The normalized spacial score (nSPS) is 10.9. The van der Waals surface area contributed by atoms with Crippen LogP contribution in [-0.2, 0) is 17.8 Å². The van der Waals surface area contributed by atoms with Crippen molar-refractivity contribution in [3.8, 4) is 0 Å². The Labute approximate surface area is 158 Å². The van der Waals surface area contributed by atoms with Crippen LogP contribution in [0.5, 0.6) is 0 Å². The maximum absolute atomic E-state index is 13.5. The van der Waals surface area contributed by atoms with Crippen LogP contribution in [-0.4, -0.2) is 21.8 Å². The fourth-order valence-electron chi connectivity index (χ4n) is 2.84. The van der Waals surface area contributed by atoms with Crippen LogP contribution in [0.1, 0.15) is 17.5 Å². The third kappa shape index (κ3) is 4.09. The monoisotopic (exact) mass is 391 g/mol. The van der Waals surface area contributed by atoms with Crippen molar-refractivity contribution in [1.29, 1.82) is 0 Å². The SMILES string of the molecule is NC(=O)N(Cc1ccc(F)cc1)C(=O)CCc1c[nH]c2c(Cl)c(F)ccc12. The van der Waals surface area contributed by atoms with E-state index in [2.05, 4.69) is 4.98 Å². The van der Waals surface area contributed by atoms with Gasteiger partial charge in [0.2, 0.25) is 5.91 Å². The molecule has 0 saturated heterocycles. The predicted octanol–water partition coefficient (Wildman–Crippen LogP) is 4.14. The zero-order chi connectivity index (χ0) is 19.6. The molecule has 5 nitrogen and oxygen atoms in total. The van der Waals surface area contributed by atoms with Crippen molar-refractivity contribution in [2.75, 3.05) is 0 Å². The van der Waals surface area contributed by atoms with Crippen molar-refractivity contribution >= 4 is 34.4 Å². The Balaban J connectivity index is 1.72. The van der Waals surface area contributed by atoms with Gasteiger partial charge in [-0.05, 0) is 41.8 Å². The molecular weight excluding hydrogens is 376 g/mol. The van der Waals surface area contributed by atoms with Gasteiger partial charge in [-0.3, -0.25) is 9.69 Å². The van der Waals surface area contributed by atoms with Crippen molar-refractivity contribution in [2.45, 2.75) is 19.4 Å². The molecule has 0 unspecified atom stereocenters. The lowest BCUT2D eigenvalue weighted by molar-refractivity contribution is -0.128. The summed E-state index contributed by atoms with van der Waals surface area (Å²) in [6.45, 7) is -0.0423. The van der Waals surface area contributed by atoms with Crippen LogP contribution < -0.4 is 5.73 Å². The molecule has 3 amide bonds. The number of fused-ring (bicyclic) bond motifs is 1. The highest BCUT2D eigenvalue weighted by molar-refractivity contribution is 6.35. The van der Waals surface area contributed by atoms with Gasteiger partial charge in [0, 0.05) is 18.0 Å². The highest BCUT2D eigenvalue weighted by Crippen LogP contribution is 2.28. The number of aromatic nitrogens is 1. The minimum atomic E-state index is -0.881. The molecule has 2 aromatic carbocycles. The molecule has 0 aliphatic heterocycles. The third-order valence-corrected chi connectivity index (χ3v) is 4.63. The Hall–Kier alpha value is -2.93. The minimum absolute atomic E-state index is 0.0138. The van der Waals surface area contributed by atoms with E-state index < -0.39 is 23.6 Å². The van der Waals surface area contributed by atoms with E-state index in [0.29, 0.717) is 22.9 Å². The molecule has 0 fully saturated rings. The molecule has 140 valence electrons. The van der Waals surface area contributed by atoms with Gasteiger partial charge in [-0.25, -0.2) is 13.6 Å². The molecule has 1 heterocycles. The fourth-order valence-corrected chi connectivity index (χ4v) is 3.06. The van der Waals surface area contributed by atoms with Crippen LogP contribution in [0.15, 0.2) is 42.6 Å². The van der Waals surface area contributed by atoms with E-state index >= 15 is 0 Å². The van der Waals surface area contributed by atoms with Crippen molar-refractivity contribution in [3.05, 3.63) is 70.4 Å². The molecule has 0 saturated carbocycles. The second-order valence-electron chi connectivity index (χ2n) is 6.04. The van der Waals surface area contributed by atoms with Gasteiger partial charge in [-0.2, -0.15) is 0 Å². The number of hydrogen-bond donors (Lipinski definition) is 2. The topological polar surface area (TPSA) is 79.2 Å². The molecule has 0 aliphatic rings. The molecule has 0 radical (unpaired) electrons. The van der Waals surface area contributed by atoms with Crippen molar-refractivity contribution in [2.24, 2.45) is 5.73 Å². The summed E-state index contributed by atoms with van der Waals surface area (Å²) in [6.07, 6.45) is 1.98. The van der Waals surface area contributed by atoms with Crippen LogP contribution >= 0.6 is 11.6 Å². The first-order chi connectivity index (χ1) is 12.9. The summed E-state index contributed by atoms with van der Waals surface area (Å²) >= 11 is 5.93. The van der Waals surface area contributed by atoms with Gasteiger partial charge in [0.1, 0.15) is 16.7 Å². The van der Waals surface area contributed by atoms with Crippen molar-refractivity contribution in [3.63, 3.8) is 0 Å². The smallest absolute Gasteiger partial charge is 0.321 e. The van der Waals surface area contributed by atoms with Crippen LogP contribution in [0.25, 0.3) is 10.9 Å². The van der Waals surface area contributed by atoms with Crippen LogP contribution in [0, 0.1) is 11.6 Å². The summed E-state index contributed by atoms with van der Waals surface area (Å²) in [4.78, 5) is 27.9. The highest BCUT2D eigenvalue weighted by Gasteiger charge is 2.20. The Morgan fingerprint density at radius 3 is 2.48 bits per heavy atom. The van der Waals surface area contributed by atoms with Crippen LogP contribution in [0.3, 0.4) is 0 Å². The number of rotatable bonds is 5. The third-order valence-electron chi connectivity index (χ3n) is 4.26. The van der Waals surface area contributed by atoms with E-state index in [-0.39, 0.29) is 18.0 Å². The Bertz CT molecular complexity index is 1000. The minimum Gasteiger partial charge on any atom is -0.360 e. The molecule has 3 aromatic rings. The number of halogens is 3. The number of hydrogen-bond acceptors (Lipinski definition) is 2. The van der Waals surface area contributed by atoms with Crippen molar-refractivity contribution < 1.29 is 18.4 Å². The predicted molar refractivity (Wildman–Crippen MR) is 98.1 cm³/mol. The quantitative estimate of drug-likeness (QED) is 0.685. The number of urea groups is 1. The van der Waals surface area contributed by atoms with E-state index in [1.54, 1.807) is 12.3 Å². The molecule has 3 rings (SSSR count). The van der Waals surface area contributed by atoms with E-state index in [0.717, 1.165) is 10.5 Å². The van der Waals surface area contributed by atoms with Crippen molar-refractivity contribution in [1.82, 2.24) is 9.88 Å². The number of aromatic amines is 1. The highest BCUT2D eigenvalue weighted by atomic mass is 35.5. The molecular formula is C19H16ClF2N3O2. The van der Waals surface area contributed by atoms with E-state index in [1.807, 2.05) is 0 Å². The van der Waals surface area contributed by atoms with Gasteiger partial charge in [0.25, 0.3) is 0 Å². The fraction of sp³-hybridized carbons (Fsp3) is 0.158. The number of nitrogens with one attached hydrogen (secondary N) is 1. The van der Waals surface area contributed by atoms with Gasteiger partial charge >= 0.3 is 6.03 Å². The summed E-state index contributed by atoms with van der Waals surface area (Å²) in [6, 6.07) is 7.41. The largest absolute Gasteiger partial charge is 0.360 e. The molecule has 0 aliphatic carbocycles. The number of primary amides is 1. The van der Waals surface area contributed by atoms with Gasteiger partial charge in [-0.15, -0.1) is 0 Å². The Morgan fingerprint density at radius 2 is 1.81 bits per heavy atom. The first-order valence-corrected chi connectivity index (χ1v) is 8.53. The number of H-pyrrole nitrogens is 1. The Kier molecular flexibility index (Phi) is 5.41. The molecule has 0 spiro atoms. The molecule has 8 heteroatoms. The lowest BCUT2D eigenvalue weighted by Gasteiger charge is -2.18. The Morgan fingerprint density at radius 1 is 1.11 bits per heavy atom. The number of carbonyl (C=O) groups is 2. The van der Waals surface area contributed by atoms with Gasteiger partial charge in [0.15, 0.2) is 0 Å². The number of benzene rings is 2. The number of carbonyl (C=O) groups excluding carboxylic acids is 2. The molecule has 3 N–H and O–H groups in total. The van der Waals surface area contributed by atoms with E-state index in [4.69, 9.17) is 17.3 Å². The number of aryl methyl sites for hydroxylation is 1. The second-order valence-corrected chi connectivity index (χ2v) is 6.42. The zero-order valence-corrected chi connectivity index (χ0v) is 14.9. The molecule has 1 aromatic heterocycles. The maximum atomic E-state index is 13.5. The summed E-state index contributed by atoms with van der Waals surface area (Å²) in [5.74, 6) is -1.41. The average Bonchev–Trinajstić information content (AvgIpc) is 3.05. The molecule has 27 heavy (non-hydrogen) atoms. The number of amides is 3. The summed E-state index contributed by atoms with van der Waals surface area (Å²) in [7, 11) is 0. The van der Waals surface area contributed by atoms with E-state index in [1.165, 1.54) is 30.3 Å². The summed E-state index contributed by atoms with van der Waals surface area (Å²) in [5.41, 5.74) is 7.13. The van der Waals surface area contributed by atoms with Gasteiger partial charge in [0.05, 0.1) is 12.1 Å². The number of nitrogens with two attached hydrogens (primary N) is 1. The van der Waals surface area contributed by atoms with Crippen LogP contribution in [0.2, 0.25) is 5.02 Å². The lowest BCUT2D eigenvalue weighted by Crippen LogP contribution is -2.40.